The lowest BCUT2D eigenvalue weighted by molar-refractivity contribution is -0.124. The van der Waals surface area contributed by atoms with Crippen LogP contribution in [0.4, 0.5) is 11.4 Å². The molecule has 35 heavy (non-hydrogen) atoms. The van der Waals surface area contributed by atoms with E-state index in [0.29, 0.717) is 17.4 Å². The van der Waals surface area contributed by atoms with Crippen molar-refractivity contribution in [1.29, 1.82) is 0 Å². The van der Waals surface area contributed by atoms with Gasteiger partial charge in [-0.3, -0.25) is 9.59 Å². The molecule has 2 heterocycles. The number of rotatable bonds is 6. The van der Waals surface area contributed by atoms with Crippen molar-refractivity contribution in [2.45, 2.75) is 38.0 Å². The highest BCUT2D eigenvalue weighted by Crippen LogP contribution is 2.38. The number of benzene rings is 3. The minimum Gasteiger partial charge on any atom is -0.325 e. The van der Waals surface area contributed by atoms with E-state index in [9.17, 15) is 9.59 Å². The molecule has 2 atom stereocenters. The summed E-state index contributed by atoms with van der Waals surface area (Å²) in [5, 5.41) is 3.07. The second-order valence-corrected chi connectivity index (χ2v) is 9.58. The second-order valence-electron chi connectivity index (χ2n) is 8.41. The van der Waals surface area contributed by atoms with Gasteiger partial charge in [-0.25, -0.2) is 14.9 Å². The molecule has 7 heteroatoms. The van der Waals surface area contributed by atoms with Crippen LogP contribution in [-0.2, 0) is 16.0 Å². The van der Waals surface area contributed by atoms with Crippen LogP contribution in [0.1, 0.15) is 43.0 Å². The molecule has 3 aromatic rings. The molecule has 176 valence electrons. The summed E-state index contributed by atoms with van der Waals surface area (Å²) in [5.41, 5.74) is 4.37. The lowest BCUT2D eigenvalue weighted by atomic mass is 10.1. The van der Waals surface area contributed by atoms with Crippen LogP contribution in [0, 0.1) is 0 Å². The van der Waals surface area contributed by atoms with Crippen LogP contribution < -0.4 is 5.32 Å². The molecule has 6 nitrogen and oxygen atoms in total. The minimum atomic E-state index is -0.630. The second kappa shape index (κ2) is 9.88. The Kier molecular flexibility index (Phi) is 6.51. The smallest absolute Gasteiger partial charge is 0.263 e. The van der Waals surface area contributed by atoms with E-state index in [4.69, 9.17) is 9.98 Å². The maximum Gasteiger partial charge on any atom is 0.263 e. The van der Waals surface area contributed by atoms with Crippen LogP contribution in [0.5, 0.6) is 0 Å². The Morgan fingerprint density at radius 2 is 1.71 bits per heavy atom. The molecular weight excluding hydrogens is 456 g/mol. The van der Waals surface area contributed by atoms with Gasteiger partial charge in [0.15, 0.2) is 11.2 Å². The number of anilines is 1. The summed E-state index contributed by atoms with van der Waals surface area (Å²) in [6, 6.07) is 24.5. The van der Waals surface area contributed by atoms with Gasteiger partial charge in [0.1, 0.15) is 5.84 Å². The number of aliphatic imine (C=N–C) groups is 2. The van der Waals surface area contributed by atoms with E-state index >= 15 is 0 Å². The van der Waals surface area contributed by atoms with Gasteiger partial charge < -0.3 is 5.32 Å². The quantitative estimate of drug-likeness (QED) is 0.488. The number of carbonyl (C=O) groups is 2. The van der Waals surface area contributed by atoms with Crippen molar-refractivity contribution in [3.63, 3.8) is 0 Å². The van der Waals surface area contributed by atoms with E-state index in [0.717, 1.165) is 28.9 Å². The molecule has 2 unspecified atom stereocenters. The van der Waals surface area contributed by atoms with E-state index in [-0.39, 0.29) is 11.8 Å². The first-order valence-electron chi connectivity index (χ1n) is 11.8. The molecular formula is C28H26N4O2S. The van der Waals surface area contributed by atoms with Crippen molar-refractivity contribution in [2.75, 3.05) is 5.32 Å². The van der Waals surface area contributed by atoms with Gasteiger partial charge in [-0.2, -0.15) is 0 Å². The van der Waals surface area contributed by atoms with Gasteiger partial charge in [0.25, 0.3) is 5.91 Å². The lowest BCUT2D eigenvalue weighted by Gasteiger charge is -2.27. The van der Waals surface area contributed by atoms with Gasteiger partial charge >= 0.3 is 0 Å². The number of carbonyl (C=O) groups excluding carboxylic acids is 2. The van der Waals surface area contributed by atoms with E-state index in [1.165, 1.54) is 17.3 Å². The molecule has 3 aromatic carbocycles. The molecule has 0 aromatic heterocycles. The van der Waals surface area contributed by atoms with E-state index in [2.05, 4.69) is 12.2 Å². The molecule has 0 bridgehead atoms. The first-order chi connectivity index (χ1) is 17.1. The number of hydrogen-bond acceptors (Lipinski definition) is 5. The van der Waals surface area contributed by atoms with Gasteiger partial charge in [-0.1, -0.05) is 80.2 Å². The molecule has 0 spiro atoms. The SMILES string of the molecule is CCc1ccc(NC(=O)C(CC)SC2=Nc3ccccc3C3=NC(c4ccccc4)C(=O)N23)cc1. The molecule has 2 aliphatic heterocycles. The van der Waals surface area contributed by atoms with Crippen LogP contribution in [-0.4, -0.2) is 33.0 Å². The zero-order valence-electron chi connectivity index (χ0n) is 19.6. The van der Waals surface area contributed by atoms with Crippen molar-refractivity contribution >= 4 is 46.0 Å². The average molecular weight is 483 g/mol. The Morgan fingerprint density at radius 1 is 1.00 bits per heavy atom. The zero-order chi connectivity index (χ0) is 24.4. The highest BCUT2D eigenvalue weighted by molar-refractivity contribution is 8.15. The van der Waals surface area contributed by atoms with E-state index in [1.807, 2.05) is 85.8 Å². The number of thioether (sulfide) groups is 1. The standard InChI is InChI=1S/C28H26N4O2S/c1-3-18-14-16-20(17-15-18)29-26(33)23(4-2)35-28-30-22-13-9-8-12-21(22)25-31-24(27(34)32(25)28)19-10-6-5-7-11-19/h5-17,23-24H,3-4H2,1-2H3,(H,29,33). The fourth-order valence-corrected chi connectivity index (χ4v) is 5.20. The number of amides is 2. The first kappa shape index (κ1) is 23.1. The van der Waals surface area contributed by atoms with E-state index < -0.39 is 11.3 Å². The summed E-state index contributed by atoms with van der Waals surface area (Å²) in [5.74, 6) is 0.313. The average Bonchev–Trinajstić information content (AvgIpc) is 3.25. The van der Waals surface area contributed by atoms with Crippen LogP contribution in [0.25, 0.3) is 0 Å². The van der Waals surface area contributed by atoms with Gasteiger partial charge in [0, 0.05) is 11.3 Å². The monoisotopic (exact) mass is 482 g/mol. The largest absolute Gasteiger partial charge is 0.325 e. The third-order valence-corrected chi connectivity index (χ3v) is 7.44. The molecule has 0 radical (unpaired) electrons. The van der Waals surface area contributed by atoms with Crippen LogP contribution in [0.15, 0.2) is 88.8 Å². The zero-order valence-corrected chi connectivity index (χ0v) is 20.5. The highest BCUT2D eigenvalue weighted by Gasteiger charge is 2.43. The van der Waals surface area contributed by atoms with Gasteiger partial charge in [0.2, 0.25) is 5.91 Å². The number of nitrogens with zero attached hydrogens (tertiary/aromatic N) is 3. The Balaban J connectivity index is 1.43. The number of aryl methyl sites for hydroxylation is 1. The Morgan fingerprint density at radius 3 is 2.43 bits per heavy atom. The highest BCUT2D eigenvalue weighted by atomic mass is 32.2. The normalized spacial score (nSPS) is 17.3. The predicted octanol–water partition coefficient (Wildman–Crippen LogP) is 5.73. The fraction of sp³-hybridized carbons (Fsp3) is 0.214. The van der Waals surface area contributed by atoms with E-state index in [1.54, 1.807) is 4.90 Å². The van der Waals surface area contributed by atoms with Crippen molar-refractivity contribution in [3.05, 3.63) is 95.6 Å². The molecule has 2 aliphatic rings. The summed E-state index contributed by atoms with van der Waals surface area (Å²) >= 11 is 1.30. The molecule has 0 fully saturated rings. The Bertz CT molecular complexity index is 1320. The lowest BCUT2D eigenvalue weighted by Crippen LogP contribution is -2.41. The number of para-hydroxylation sites is 1. The number of hydrogen-bond donors (Lipinski definition) is 1. The van der Waals surface area contributed by atoms with Crippen molar-refractivity contribution < 1.29 is 9.59 Å². The topological polar surface area (TPSA) is 74.1 Å². The van der Waals surface area contributed by atoms with Crippen molar-refractivity contribution in [3.8, 4) is 0 Å². The predicted molar refractivity (Wildman–Crippen MR) is 142 cm³/mol. The summed E-state index contributed by atoms with van der Waals surface area (Å²) in [6.07, 6.45) is 1.53. The van der Waals surface area contributed by atoms with Crippen LogP contribution in [0.3, 0.4) is 0 Å². The Labute approximate surface area is 209 Å². The molecule has 0 saturated carbocycles. The van der Waals surface area contributed by atoms with Crippen molar-refractivity contribution in [2.24, 2.45) is 9.98 Å². The summed E-state index contributed by atoms with van der Waals surface area (Å²) in [4.78, 5) is 37.9. The maximum absolute atomic E-state index is 13.6. The minimum absolute atomic E-state index is 0.118. The number of amidine groups is 2. The molecule has 0 aliphatic carbocycles. The molecule has 5 rings (SSSR count). The summed E-state index contributed by atoms with van der Waals surface area (Å²) < 4.78 is 0. The van der Waals surface area contributed by atoms with Gasteiger partial charge in [-0.15, -0.1) is 0 Å². The number of fused-ring (bicyclic) bond motifs is 3. The third-order valence-electron chi connectivity index (χ3n) is 6.13. The molecule has 1 N–H and O–H groups in total. The summed E-state index contributed by atoms with van der Waals surface area (Å²) in [7, 11) is 0. The van der Waals surface area contributed by atoms with Gasteiger partial charge in [-0.05, 0) is 48.2 Å². The van der Waals surface area contributed by atoms with Crippen LogP contribution in [0.2, 0.25) is 0 Å². The fourth-order valence-electron chi connectivity index (χ4n) is 4.18. The summed E-state index contributed by atoms with van der Waals surface area (Å²) in [6.45, 7) is 4.06. The first-order valence-corrected chi connectivity index (χ1v) is 12.7. The third kappa shape index (κ3) is 4.51. The van der Waals surface area contributed by atoms with Crippen LogP contribution >= 0.6 is 11.8 Å². The Hall–Kier alpha value is -3.71. The molecule has 2 amide bonds. The molecule has 0 saturated heterocycles. The van der Waals surface area contributed by atoms with Crippen molar-refractivity contribution in [1.82, 2.24) is 4.90 Å². The maximum atomic E-state index is 13.6. The van der Waals surface area contributed by atoms with Gasteiger partial charge in [0.05, 0.1) is 10.9 Å². The number of nitrogens with one attached hydrogen (secondary N) is 1.